The molecule has 0 aromatic heterocycles. The van der Waals surface area contributed by atoms with Crippen LogP contribution in [0.2, 0.25) is 10.0 Å². The summed E-state index contributed by atoms with van der Waals surface area (Å²) in [5.74, 6) is -0.419. The fraction of sp³-hybridized carbons (Fsp3) is 0.0526. The van der Waals surface area contributed by atoms with E-state index in [1.165, 1.54) is 30.3 Å². The van der Waals surface area contributed by atoms with Crippen molar-refractivity contribution in [3.05, 3.63) is 69.5 Å². The first-order valence-corrected chi connectivity index (χ1v) is 8.57. The predicted octanol–water partition coefficient (Wildman–Crippen LogP) is 4.29. The van der Waals surface area contributed by atoms with Crippen molar-refractivity contribution in [3.63, 3.8) is 0 Å². The van der Waals surface area contributed by atoms with E-state index in [4.69, 9.17) is 28.9 Å². The molecule has 0 atom stereocenters. The smallest absolute Gasteiger partial charge is 0.204 e. The number of carbonyl (C=O) groups excluding carboxylic acids is 1. The second-order valence-corrected chi connectivity index (χ2v) is 6.67. The number of aromatic hydroxyl groups is 2. The normalized spacial score (nSPS) is 15.9. The third kappa shape index (κ3) is 3.92. The van der Waals surface area contributed by atoms with Crippen LogP contribution in [0.3, 0.4) is 0 Å². The first-order chi connectivity index (χ1) is 12.8. The van der Waals surface area contributed by atoms with Crippen LogP contribution in [-0.2, 0) is 4.79 Å². The first kappa shape index (κ1) is 18.8. The number of allylic oxidation sites excluding steroid dienone is 2. The number of benzene rings is 2. The molecular weight excluding hydrogens is 389 g/mol. The van der Waals surface area contributed by atoms with Crippen LogP contribution in [0, 0.1) is 0 Å². The number of anilines is 1. The van der Waals surface area contributed by atoms with Crippen LogP contribution in [-0.4, -0.2) is 21.7 Å². The summed E-state index contributed by atoms with van der Waals surface area (Å²) >= 11 is 11.8. The minimum Gasteiger partial charge on any atom is -0.506 e. The summed E-state index contributed by atoms with van der Waals surface area (Å²) in [5, 5.41) is 22.4. The quantitative estimate of drug-likeness (QED) is 0.451. The molecule has 0 fully saturated rings. The highest BCUT2D eigenvalue weighted by Crippen LogP contribution is 2.31. The lowest BCUT2D eigenvalue weighted by molar-refractivity contribution is -0.111. The lowest BCUT2D eigenvalue weighted by Crippen LogP contribution is -2.26. The zero-order chi connectivity index (χ0) is 19.7. The number of nitrogens with one attached hydrogen (secondary N) is 1. The Hall–Kier alpha value is -2.96. The summed E-state index contributed by atoms with van der Waals surface area (Å²) in [6.45, 7) is 1.71. The molecule has 27 heavy (non-hydrogen) atoms. The van der Waals surface area contributed by atoms with E-state index < -0.39 is 0 Å². The molecule has 3 rings (SSSR count). The van der Waals surface area contributed by atoms with Gasteiger partial charge in [-0.05, 0) is 43.3 Å². The van der Waals surface area contributed by atoms with Crippen LogP contribution in [0.1, 0.15) is 6.92 Å². The van der Waals surface area contributed by atoms with Crippen LogP contribution in [0.5, 0.6) is 11.5 Å². The van der Waals surface area contributed by atoms with Crippen LogP contribution in [0.4, 0.5) is 11.4 Å². The van der Waals surface area contributed by atoms with Crippen molar-refractivity contribution < 1.29 is 15.0 Å². The number of hydrogen-bond donors (Lipinski definition) is 4. The maximum atomic E-state index is 12.4. The number of hydrogen-bond acceptors (Lipinski definition) is 6. The molecule has 5 N–H and O–H groups in total. The van der Waals surface area contributed by atoms with Crippen molar-refractivity contribution in [3.8, 4) is 11.5 Å². The van der Waals surface area contributed by atoms with Gasteiger partial charge in [-0.1, -0.05) is 23.2 Å². The lowest BCUT2D eigenvalue weighted by atomic mass is 9.97. The molecule has 1 aliphatic rings. The zero-order valence-corrected chi connectivity index (χ0v) is 15.6. The Morgan fingerprint density at radius 2 is 1.67 bits per heavy atom. The van der Waals surface area contributed by atoms with E-state index in [1.54, 1.807) is 19.1 Å². The predicted molar refractivity (Wildman–Crippen MR) is 107 cm³/mol. The number of phenolic OH excluding ortho intramolecular Hbond substituents is 2. The molecule has 0 amide bonds. The average molecular weight is 404 g/mol. The average Bonchev–Trinajstić information content (AvgIpc) is 2.61. The summed E-state index contributed by atoms with van der Waals surface area (Å²) < 4.78 is 0. The highest BCUT2D eigenvalue weighted by Gasteiger charge is 2.23. The third-order valence-corrected chi connectivity index (χ3v) is 4.53. The van der Waals surface area contributed by atoms with Crippen LogP contribution in [0.15, 0.2) is 64.4 Å². The van der Waals surface area contributed by atoms with E-state index in [0.29, 0.717) is 22.7 Å². The number of carbonyl (C=O) groups is 1. The van der Waals surface area contributed by atoms with Gasteiger partial charge in [0.05, 0.1) is 32.8 Å². The zero-order valence-electron chi connectivity index (χ0n) is 14.1. The standard InChI is InChI=1S/C19H15Cl2N3O3/c1-9-18(23-10-2-4-15(25)12(20)6-10)14(22)8-17(27)19(9)24-11-3-5-16(26)13(21)7-11/h2-8,24-26H,22H2,1H3/b23-18-. The molecule has 8 heteroatoms. The van der Waals surface area contributed by atoms with Gasteiger partial charge >= 0.3 is 0 Å². The second-order valence-electron chi connectivity index (χ2n) is 5.85. The minimum atomic E-state index is -0.308. The van der Waals surface area contributed by atoms with E-state index in [-0.39, 0.29) is 38.7 Å². The highest BCUT2D eigenvalue weighted by atomic mass is 35.5. The Morgan fingerprint density at radius 1 is 1.04 bits per heavy atom. The molecule has 6 nitrogen and oxygen atoms in total. The summed E-state index contributed by atoms with van der Waals surface area (Å²) in [4.78, 5) is 16.9. The van der Waals surface area contributed by atoms with Crippen molar-refractivity contribution in [1.29, 1.82) is 0 Å². The fourth-order valence-electron chi connectivity index (χ4n) is 2.53. The van der Waals surface area contributed by atoms with Crippen molar-refractivity contribution >= 4 is 46.1 Å². The van der Waals surface area contributed by atoms with Gasteiger partial charge in [-0.3, -0.25) is 4.79 Å². The maximum absolute atomic E-state index is 12.4. The van der Waals surface area contributed by atoms with Gasteiger partial charge in [-0.15, -0.1) is 0 Å². The number of phenols is 2. The van der Waals surface area contributed by atoms with E-state index >= 15 is 0 Å². The highest BCUT2D eigenvalue weighted by molar-refractivity contribution is 6.32. The summed E-state index contributed by atoms with van der Waals surface area (Å²) in [6.07, 6.45) is 1.28. The molecule has 0 radical (unpaired) electrons. The molecular formula is C19H15Cl2N3O3. The van der Waals surface area contributed by atoms with Crippen molar-refractivity contribution in [2.75, 3.05) is 5.32 Å². The van der Waals surface area contributed by atoms with Gasteiger partial charge in [-0.2, -0.15) is 0 Å². The van der Waals surface area contributed by atoms with Crippen LogP contribution >= 0.6 is 23.2 Å². The van der Waals surface area contributed by atoms with Gasteiger partial charge in [0, 0.05) is 17.3 Å². The Labute approximate surface area is 165 Å². The number of aliphatic imine (C=N–C) groups is 1. The minimum absolute atomic E-state index is 0.0539. The largest absolute Gasteiger partial charge is 0.506 e. The van der Waals surface area contributed by atoms with E-state index in [9.17, 15) is 15.0 Å². The molecule has 0 saturated carbocycles. The molecule has 0 bridgehead atoms. The molecule has 2 aromatic rings. The van der Waals surface area contributed by atoms with Crippen molar-refractivity contribution in [1.82, 2.24) is 0 Å². The van der Waals surface area contributed by atoms with E-state index in [0.717, 1.165) is 0 Å². The molecule has 138 valence electrons. The lowest BCUT2D eigenvalue weighted by Gasteiger charge is -2.19. The number of nitrogens with two attached hydrogens (primary N) is 1. The molecule has 0 heterocycles. The summed E-state index contributed by atoms with van der Waals surface area (Å²) in [6, 6.07) is 9.01. The van der Waals surface area contributed by atoms with Gasteiger partial charge in [0.15, 0.2) is 0 Å². The number of halogens is 2. The maximum Gasteiger partial charge on any atom is 0.204 e. The third-order valence-electron chi connectivity index (χ3n) is 3.93. The van der Waals surface area contributed by atoms with E-state index in [2.05, 4.69) is 10.3 Å². The molecule has 0 aliphatic heterocycles. The molecule has 0 unspecified atom stereocenters. The topological polar surface area (TPSA) is 108 Å². The summed E-state index contributed by atoms with van der Waals surface area (Å²) in [5.41, 5.74) is 8.44. The van der Waals surface area contributed by atoms with Gasteiger partial charge in [0.1, 0.15) is 11.5 Å². The Morgan fingerprint density at radius 3 is 2.30 bits per heavy atom. The second kappa shape index (κ2) is 7.34. The SMILES string of the molecule is CC1=C(Nc2ccc(O)c(Cl)c2)C(=O)C=C(N)/C1=N\c1ccc(O)c(Cl)c1. The van der Waals surface area contributed by atoms with Gasteiger partial charge in [0.2, 0.25) is 5.78 Å². The van der Waals surface area contributed by atoms with Crippen molar-refractivity contribution in [2.24, 2.45) is 10.7 Å². The first-order valence-electron chi connectivity index (χ1n) is 7.82. The Kier molecular flexibility index (Phi) is 5.12. The molecule has 0 saturated heterocycles. The van der Waals surface area contributed by atoms with Gasteiger partial charge in [0.25, 0.3) is 0 Å². The van der Waals surface area contributed by atoms with Crippen LogP contribution in [0.25, 0.3) is 0 Å². The number of ketones is 1. The number of nitrogens with zero attached hydrogens (tertiary/aromatic N) is 1. The molecule has 0 spiro atoms. The summed E-state index contributed by atoms with van der Waals surface area (Å²) in [7, 11) is 0. The Bertz CT molecular complexity index is 1040. The van der Waals surface area contributed by atoms with Gasteiger partial charge in [-0.25, -0.2) is 4.99 Å². The van der Waals surface area contributed by atoms with Crippen molar-refractivity contribution in [2.45, 2.75) is 6.92 Å². The molecule has 1 aliphatic carbocycles. The monoisotopic (exact) mass is 403 g/mol. The fourth-order valence-corrected chi connectivity index (χ4v) is 2.88. The van der Waals surface area contributed by atoms with E-state index in [1.807, 2.05) is 0 Å². The van der Waals surface area contributed by atoms with Crippen LogP contribution < -0.4 is 11.1 Å². The Balaban J connectivity index is 2.02. The van der Waals surface area contributed by atoms with Gasteiger partial charge < -0.3 is 21.3 Å². The number of rotatable bonds is 3. The molecule has 2 aromatic carbocycles.